The van der Waals surface area contributed by atoms with Crippen molar-refractivity contribution in [3.63, 3.8) is 0 Å². The zero-order chi connectivity index (χ0) is 12.1. The molecule has 0 aliphatic rings. The molecule has 0 fully saturated rings. The van der Waals surface area contributed by atoms with Crippen LogP contribution in [0, 0.1) is 0 Å². The second kappa shape index (κ2) is 5.41. The first-order valence-corrected chi connectivity index (χ1v) is 5.53. The van der Waals surface area contributed by atoms with Crippen molar-refractivity contribution in [2.45, 2.75) is 13.5 Å². The van der Waals surface area contributed by atoms with Gasteiger partial charge in [-0.05, 0) is 6.92 Å². The maximum absolute atomic E-state index is 11.3. The van der Waals surface area contributed by atoms with E-state index in [-0.39, 0.29) is 5.56 Å². The first-order valence-electron chi connectivity index (χ1n) is 5.53. The molecule has 2 aromatic rings. The second-order valence-corrected chi connectivity index (χ2v) is 3.61. The summed E-state index contributed by atoms with van der Waals surface area (Å²) >= 11 is 0. The van der Waals surface area contributed by atoms with Gasteiger partial charge in [-0.1, -0.05) is 30.3 Å². The van der Waals surface area contributed by atoms with Gasteiger partial charge in [0.2, 0.25) is 0 Å². The summed E-state index contributed by atoms with van der Waals surface area (Å²) in [5.74, 6) is 0. The standard InChI is InChI=1S/C13H14N2O2/c1-2-17-9-11-8-12(16)14-15-13(11)10-6-4-3-5-7-10/h3-8H,2,9H2,1H3,(H,14,16). The summed E-state index contributed by atoms with van der Waals surface area (Å²) in [5, 5.41) is 6.54. The van der Waals surface area contributed by atoms with Crippen molar-refractivity contribution in [3.05, 3.63) is 52.3 Å². The lowest BCUT2D eigenvalue weighted by Gasteiger charge is -2.07. The molecule has 17 heavy (non-hydrogen) atoms. The zero-order valence-corrected chi connectivity index (χ0v) is 9.64. The maximum atomic E-state index is 11.3. The first kappa shape index (κ1) is 11.5. The fourth-order valence-corrected chi connectivity index (χ4v) is 1.61. The number of rotatable bonds is 4. The topological polar surface area (TPSA) is 55.0 Å². The number of nitrogens with zero attached hydrogens (tertiary/aromatic N) is 1. The summed E-state index contributed by atoms with van der Waals surface area (Å²) in [6, 6.07) is 11.3. The highest BCUT2D eigenvalue weighted by Gasteiger charge is 2.07. The summed E-state index contributed by atoms with van der Waals surface area (Å²) in [6.07, 6.45) is 0. The molecule has 0 aliphatic heterocycles. The van der Waals surface area contributed by atoms with Crippen LogP contribution >= 0.6 is 0 Å². The van der Waals surface area contributed by atoms with Crippen LogP contribution in [0.3, 0.4) is 0 Å². The third-order valence-corrected chi connectivity index (χ3v) is 2.40. The molecule has 0 aliphatic carbocycles. The Hall–Kier alpha value is -1.94. The Bertz CT molecular complexity index is 535. The van der Waals surface area contributed by atoms with Gasteiger partial charge in [0.1, 0.15) is 0 Å². The van der Waals surface area contributed by atoms with E-state index >= 15 is 0 Å². The lowest BCUT2D eigenvalue weighted by atomic mass is 10.1. The van der Waals surface area contributed by atoms with Gasteiger partial charge >= 0.3 is 0 Å². The number of aromatic nitrogens is 2. The second-order valence-electron chi connectivity index (χ2n) is 3.61. The van der Waals surface area contributed by atoms with E-state index in [0.717, 1.165) is 16.8 Å². The van der Waals surface area contributed by atoms with E-state index in [2.05, 4.69) is 10.2 Å². The van der Waals surface area contributed by atoms with E-state index in [0.29, 0.717) is 13.2 Å². The minimum Gasteiger partial charge on any atom is -0.377 e. The zero-order valence-electron chi connectivity index (χ0n) is 9.64. The predicted octanol–water partition coefficient (Wildman–Crippen LogP) is 1.97. The quantitative estimate of drug-likeness (QED) is 0.873. The van der Waals surface area contributed by atoms with Crippen LogP contribution in [0.2, 0.25) is 0 Å². The van der Waals surface area contributed by atoms with Crippen LogP contribution in [-0.4, -0.2) is 16.8 Å². The van der Waals surface area contributed by atoms with Crippen molar-refractivity contribution in [3.8, 4) is 11.3 Å². The Kier molecular flexibility index (Phi) is 3.67. The number of hydrogen-bond acceptors (Lipinski definition) is 3. The summed E-state index contributed by atoms with van der Waals surface area (Å²) in [5.41, 5.74) is 2.33. The molecule has 1 aromatic carbocycles. The van der Waals surface area contributed by atoms with Crippen molar-refractivity contribution in [2.75, 3.05) is 6.61 Å². The molecule has 88 valence electrons. The van der Waals surface area contributed by atoms with Gasteiger partial charge in [-0.3, -0.25) is 4.79 Å². The smallest absolute Gasteiger partial charge is 0.264 e. The number of nitrogens with one attached hydrogen (secondary N) is 1. The first-order chi connectivity index (χ1) is 8.31. The lowest BCUT2D eigenvalue weighted by molar-refractivity contribution is 0.134. The van der Waals surface area contributed by atoms with Crippen LogP contribution in [0.15, 0.2) is 41.2 Å². The van der Waals surface area contributed by atoms with Crippen LogP contribution < -0.4 is 5.56 Å². The van der Waals surface area contributed by atoms with E-state index in [1.165, 1.54) is 6.07 Å². The van der Waals surface area contributed by atoms with Gasteiger partial charge in [-0.25, -0.2) is 5.10 Å². The Balaban J connectivity index is 2.42. The van der Waals surface area contributed by atoms with E-state index in [4.69, 9.17) is 4.74 Å². The normalized spacial score (nSPS) is 10.4. The average Bonchev–Trinajstić information content (AvgIpc) is 2.37. The van der Waals surface area contributed by atoms with Gasteiger partial charge in [0.25, 0.3) is 5.56 Å². The molecular weight excluding hydrogens is 216 g/mol. The lowest BCUT2D eigenvalue weighted by Crippen LogP contribution is -2.11. The molecule has 1 aromatic heterocycles. The fourth-order valence-electron chi connectivity index (χ4n) is 1.61. The molecule has 0 spiro atoms. The third-order valence-electron chi connectivity index (χ3n) is 2.40. The molecule has 2 rings (SSSR count). The molecular formula is C13H14N2O2. The molecule has 0 radical (unpaired) electrons. The van der Waals surface area contributed by atoms with Crippen LogP contribution in [0.5, 0.6) is 0 Å². The molecule has 0 saturated carbocycles. The summed E-state index contributed by atoms with van der Waals surface area (Å²) in [4.78, 5) is 11.3. The molecule has 4 heteroatoms. The number of ether oxygens (including phenoxy) is 1. The van der Waals surface area contributed by atoms with Crippen molar-refractivity contribution in [2.24, 2.45) is 0 Å². The minimum atomic E-state index is -0.209. The highest BCUT2D eigenvalue weighted by Crippen LogP contribution is 2.19. The SMILES string of the molecule is CCOCc1cc(=O)[nH]nc1-c1ccccc1. The minimum absolute atomic E-state index is 0.209. The van der Waals surface area contributed by atoms with Crippen LogP contribution in [-0.2, 0) is 11.3 Å². The maximum Gasteiger partial charge on any atom is 0.264 e. The molecule has 0 bridgehead atoms. The predicted molar refractivity (Wildman–Crippen MR) is 65.6 cm³/mol. The number of benzene rings is 1. The molecule has 1 heterocycles. The monoisotopic (exact) mass is 230 g/mol. The van der Waals surface area contributed by atoms with E-state index in [1.807, 2.05) is 37.3 Å². The van der Waals surface area contributed by atoms with Crippen molar-refractivity contribution < 1.29 is 4.74 Å². The van der Waals surface area contributed by atoms with Gasteiger partial charge in [-0.15, -0.1) is 0 Å². The highest BCUT2D eigenvalue weighted by molar-refractivity contribution is 5.61. The van der Waals surface area contributed by atoms with E-state index < -0.39 is 0 Å². The largest absolute Gasteiger partial charge is 0.377 e. The van der Waals surface area contributed by atoms with E-state index in [9.17, 15) is 4.79 Å². The molecule has 0 unspecified atom stereocenters. The molecule has 1 N–H and O–H groups in total. The summed E-state index contributed by atoms with van der Waals surface area (Å²) in [7, 11) is 0. The number of hydrogen-bond donors (Lipinski definition) is 1. The van der Waals surface area contributed by atoms with Crippen molar-refractivity contribution >= 4 is 0 Å². The Labute approximate surface area is 99.3 Å². The van der Waals surface area contributed by atoms with Gasteiger partial charge < -0.3 is 4.74 Å². The number of aromatic amines is 1. The fraction of sp³-hybridized carbons (Fsp3) is 0.231. The van der Waals surface area contributed by atoms with Crippen LogP contribution in [0.1, 0.15) is 12.5 Å². The van der Waals surface area contributed by atoms with E-state index in [1.54, 1.807) is 0 Å². The summed E-state index contributed by atoms with van der Waals surface area (Å²) in [6.45, 7) is 2.93. The Morgan fingerprint density at radius 3 is 2.76 bits per heavy atom. The van der Waals surface area contributed by atoms with Gasteiger partial charge in [0, 0.05) is 23.8 Å². The van der Waals surface area contributed by atoms with Crippen molar-refractivity contribution in [1.82, 2.24) is 10.2 Å². The van der Waals surface area contributed by atoms with Crippen LogP contribution in [0.4, 0.5) is 0 Å². The molecule has 0 saturated heterocycles. The molecule has 0 amide bonds. The highest BCUT2D eigenvalue weighted by atomic mass is 16.5. The average molecular weight is 230 g/mol. The number of H-pyrrole nitrogens is 1. The summed E-state index contributed by atoms with van der Waals surface area (Å²) < 4.78 is 5.34. The van der Waals surface area contributed by atoms with Crippen LogP contribution in [0.25, 0.3) is 11.3 Å². The molecule has 4 nitrogen and oxygen atoms in total. The third kappa shape index (κ3) is 2.79. The molecule has 0 atom stereocenters. The van der Waals surface area contributed by atoms with Gasteiger partial charge in [0.15, 0.2) is 0 Å². The van der Waals surface area contributed by atoms with Gasteiger partial charge in [-0.2, -0.15) is 5.10 Å². The Morgan fingerprint density at radius 1 is 1.29 bits per heavy atom. The van der Waals surface area contributed by atoms with Crippen molar-refractivity contribution in [1.29, 1.82) is 0 Å². The Morgan fingerprint density at radius 2 is 2.06 bits per heavy atom. The van der Waals surface area contributed by atoms with Gasteiger partial charge in [0.05, 0.1) is 12.3 Å².